The van der Waals surface area contributed by atoms with Crippen molar-refractivity contribution in [3.63, 3.8) is 0 Å². The molecule has 9 heteroatoms. The van der Waals surface area contributed by atoms with Crippen molar-refractivity contribution in [1.82, 2.24) is 4.98 Å². The van der Waals surface area contributed by atoms with Gasteiger partial charge in [-0.2, -0.15) is 13.2 Å². The Morgan fingerprint density at radius 1 is 1.43 bits per heavy atom. The zero-order valence-corrected chi connectivity index (χ0v) is 12.1. The number of nitrogens with one attached hydrogen (secondary N) is 1. The Bertz CT molecular complexity index is 673. The predicted octanol–water partition coefficient (Wildman–Crippen LogP) is 4.08. The van der Waals surface area contributed by atoms with Crippen LogP contribution in [0.1, 0.15) is 15.4 Å². The fourth-order valence-corrected chi connectivity index (χ4v) is 2.50. The summed E-state index contributed by atoms with van der Waals surface area (Å²) in [7, 11) is 1.42. The molecular weight excluding hydrogens is 329 g/mol. The number of hydrogen-bond donors (Lipinski definition) is 1. The largest absolute Gasteiger partial charge is 0.495 e. The van der Waals surface area contributed by atoms with Gasteiger partial charge in [-0.05, 0) is 18.2 Å². The number of hydrogen-bond acceptors (Lipinski definition) is 4. The van der Waals surface area contributed by atoms with Crippen LogP contribution >= 0.6 is 22.9 Å². The van der Waals surface area contributed by atoms with Crippen LogP contribution in [0.2, 0.25) is 5.02 Å². The average molecular weight is 337 g/mol. The lowest BCUT2D eigenvalue weighted by atomic mass is 10.2. The number of methoxy groups -OCH3 is 1. The lowest BCUT2D eigenvalue weighted by molar-refractivity contribution is -0.141. The lowest BCUT2D eigenvalue weighted by Crippen LogP contribution is -2.17. The molecule has 1 N–H and O–H groups in total. The molecule has 0 aliphatic heterocycles. The second-order valence-corrected chi connectivity index (χ2v) is 5.09. The van der Waals surface area contributed by atoms with Gasteiger partial charge in [0, 0.05) is 5.69 Å². The molecule has 21 heavy (non-hydrogen) atoms. The van der Waals surface area contributed by atoms with Crippen molar-refractivity contribution in [3.05, 3.63) is 39.3 Å². The Balaban J connectivity index is 2.23. The van der Waals surface area contributed by atoms with Crippen LogP contribution in [-0.2, 0) is 6.18 Å². The first-order valence-corrected chi connectivity index (χ1v) is 6.74. The first-order valence-electron chi connectivity index (χ1n) is 5.48. The summed E-state index contributed by atoms with van der Waals surface area (Å²) >= 11 is 6.49. The highest BCUT2D eigenvalue weighted by molar-refractivity contribution is 7.12. The molecule has 0 unspecified atom stereocenters. The van der Waals surface area contributed by atoms with Crippen molar-refractivity contribution >= 4 is 34.5 Å². The summed E-state index contributed by atoms with van der Waals surface area (Å²) in [5, 5.41) is 2.57. The number of carbonyl (C=O) groups is 1. The third kappa shape index (κ3) is 3.45. The highest BCUT2D eigenvalue weighted by Crippen LogP contribution is 2.33. The van der Waals surface area contributed by atoms with Crippen LogP contribution in [0.4, 0.5) is 18.9 Å². The number of aromatic nitrogens is 1. The van der Waals surface area contributed by atoms with Crippen molar-refractivity contribution in [2.45, 2.75) is 6.18 Å². The molecule has 0 saturated heterocycles. The average Bonchev–Trinajstić information content (AvgIpc) is 2.88. The number of rotatable bonds is 3. The number of anilines is 1. The Kier molecular flexibility index (Phi) is 4.38. The van der Waals surface area contributed by atoms with Crippen molar-refractivity contribution < 1.29 is 22.7 Å². The quantitative estimate of drug-likeness (QED) is 0.919. The van der Waals surface area contributed by atoms with E-state index in [9.17, 15) is 18.0 Å². The number of alkyl halides is 3. The lowest BCUT2D eigenvalue weighted by Gasteiger charge is -2.09. The summed E-state index contributed by atoms with van der Waals surface area (Å²) in [5.74, 6) is -0.505. The van der Waals surface area contributed by atoms with Crippen molar-refractivity contribution in [1.29, 1.82) is 0 Å². The molecule has 2 rings (SSSR count). The minimum Gasteiger partial charge on any atom is -0.495 e. The van der Waals surface area contributed by atoms with Crippen LogP contribution in [0.25, 0.3) is 0 Å². The molecule has 112 valence electrons. The minimum absolute atomic E-state index is 0.232. The van der Waals surface area contributed by atoms with E-state index >= 15 is 0 Å². The number of thiazole rings is 1. The van der Waals surface area contributed by atoms with Gasteiger partial charge in [-0.1, -0.05) is 11.6 Å². The molecule has 0 fully saturated rings. The number of nitrogens with zero attached hydrogens (tertiary/aromatic N) is 1. The molecule has 0 atom stereocenters. The zero-order valence-electron chi connectivity index (χ0n) is 10.5. The summed E-state index contributed by atoms with van der Waals surface area (Å²) in [6.45, 7) is 0. The normalized spacial score (nSPS) is 11.3. The molecule has 4 nitrogen and oxygen atoms in total. The highest BCUT2D eigenvalue weighted by atomic mass is 35.5. The minimum atomic E-state index is -4.68. The Morgan fingerprint density at radius 2 is 2.14 bits per heavy atom. The van der Waals surface area contributed by atoms with E-state index in [1.807, 2.05) is 0 Å². The Hall–Kier alpha value is -1.80. The van der Waals surface area contributed by atoms with Crippen LogP contribution in [0.3, 0.4) is 0 Å². The van der Waals surface area contributed by atoms with Crippen LogP contribution in [0.15, 0.2) is 23.7 Å². The molecule has 1 aromatic carbocycles. The molecule has 0 bridgehead atoms. The maximum absolute atomic E-state index is 12.7. The van der Waals surface area contributed by atoms with E-state index in [-0.39, 0.29) is 10.7 Å². The fraction of sp³-hybridized carbons (Fsp3) is 0.167. The molecular formula is C12H8ClF3N2O2S. The van der Waals surface area contributed by atoms with Crippen molar-refractivity contribution in [2.75, 3.05) is 12.4 Å². The van der Waals surface area contributed by atoms with E-state index in [0.717, 1.165) is 5.51 Å². The molecule has 0 aliphatic rings. The van der Waals surface area contributed by atoms with Crippen LogP contribution in [0, 0.1) is 0 Å². The van der Waals surface area contributed by atoms with E-state index in [2.05, 4.69) is 10.3 Å². The van der Waals surface area contributed by atoms with E-state index < -0.39 is 22.7 Å². The molecule has 0 spiro atoms. The second-order valence-electron chi connectivity index (χ2n) is 3.83. The monoisotopic (exact) mass is 336 g/mol. The maximum atomic E-state index is 12.7. The first-order chi connectivity index (χ1) is 9.82. The summed E-state index contributed by atoms with van der Waals surface area (Å²) in [4.78, 5) is 14.6. The van der Waals surface area contributed by atoms with Gasteiger partial charge in [0.2, 0.25) is 0 Å². The molecule has 0 saturated carbocycles. The van der Waals surface area contributed by atoms with Crippen molar-refractivity contribution in [2.24, 2.45) is 0 Å². The molecule has 1 heterocycles. The standard InChI is InChI=1S/C12H8ClF3N2O2S/c1-20-8-3-2-6(4-7(8)13)18-11(19)9-10(12(14,15)16)17-5-21-9/h2-5H,1H3,(H,18,19). The number of amides is 1. The van der Waals surface area contributed by atoms with Gasteiger partial charge in [0.1, 0.15) is 10.6 Å². The molecule has 0 aliphatic carbocycles. The van der Waals surface area contributed by atoms with Gasteiger partial charge in [0.15, 0.2) is 5.69 Å². The third-order valence-corrected chi connectivity index (χ3v) is 3.57. The second kappa shape index (κ2) is 5.90. The fourth-order valence-electron chi connectivity index (χ4n) is 1.54. The summed E-state index contributed by atoms with van der Waals surface area (Å²) in [6.07, 6.45) is -4.68. The highest BCUT2D eigenvalue weighted by Gasteiger charge is 2.38. The Labute approximate surface area is 126 Å². The number of ether oxygens (including phenoxy) is 1. The van der Waals surface area contributed by atoms with Gasteiger partial charge in [0.25, 0.3) is 5.91 Å². The van der Waals surface area contributed by atoms with E-state index in [4.69, 9.17) is 16.3 Å². The summed E-state index contributed by atoms with van der Waals surface area (Å²) in [5.41, 5.74) is 0.0237. The van der Waals surface area contributed by atoms with Gasteiger partial charge >= 0.3 is 6.18 Å². The van der Waals surface area contributed by atoms with Gasteiger partial charge in [-0.25, -0.2) is 4.98 Å². The van der Waals surface area contributed by atoms with Gasteiger partial charge < -0.3 is 10.1 Å². The van der Waals surface area contributed by atoms with Crippen molar-refractivity contribution in [3.8, 4) is 5.75 Å². The SMILES string of the molecule is COc1ccc(NC(=O)c2scnc2C(F)(F)F)cc1Cl. The van der Waals surface area contributed by atoms with Crippen LogP contribution in [-0.4, -0.2) is 18.0 Å². The summed E-state index contributed by atoms with van der Waals surface area (Å²) in [6, 6.07) is 4.35. The molecule has 0 radical (unpaired) electrons. The zero-order chi connectivity index (χ0) is 15.6. The van der Waals surface area contributed by atoms with Gasteiger partial charge in [0.05, 0.1) is 17.6 Å². The van der Waals surface area contributed by atoms with E-state index in [1.54, 1.807) is 0 Å². The Morgan fingerprint density at radius 3 is 2.71 bits per heavy atom. The molecule has 1 aromatic heterocycles. The van der Waals surface area contributed by atoms with E-state index in [1.165, 1.54) is 25.3 Å². The smallest absolute Gasteiger partial charge is 0.434 e. The van der Waals surface area contributed by atoms with Crippen LogP contribution in [0.5, 0.6) is 5.75 Å². The van der Waals surface area contributed by atoms with E-state index in [0.29, 0.717) is 17.1 Å². The van der Waals surface area contributed by atoms with Gasteiger partial charge in [-0.3, -0.25) is 4.79 Å². The topological polar surface area (TPSA) is 51.2 Å². The van der Waals surface area contributed by atoms with Gasteiger partial charge in [-0.15, -0.1) is 11.3 Å². The third-order valence-electron chi connectivity index (χ3n) is 2.45. The number of benzene rings is 1. The maximum Gasteiger partial charge on any atom is 0.434 e. The first kappa shape index (κ1) is 15.6. The molecule has 1 amide bonds. The number of carbonyl (C=O) groups excluding carboxylic acids is 1. The molecule has 2 aromatic rings. The predicted molar refractivity (Wildman–Crippen MR) is 73.1 cm³/mol. The van der Waals surface area contributed by atoms with Crippen LogP contribution < -0.4 is 10.1 Å². The summed E-state index contributed by atoms with van der Waals surface area (Å²) < 4.78 is 43.0. The number of halogens is 4.